The monoisotopic (exact) mass is 335 g/mol. The summed E-state index contributed by atoms with van der Waals surface area (Å²) in [5.41, 5.74) is 1.86. The van der Waals surface area contributed by atoms with E-state index in [0.29, 0.717) is 6.42 Å². The smallest absolute Gasteiger partial charge is 0.226 e. The van der Waals surface area contributed by atoms with Crippen LogP contribution < -0.4 is 4.90 Å². The number of carbonyl (C=O) groups is 1. The van der Waals surface area contributed by atoms with E-state index in [-0.39, 0.29) is 5.91 Å². The molecule has 2 aromatic carbocycles. The standard InChI is InChI=1S/C19H21N5O/c1-23(16-10-4-2-5-11-16)19(25)15-9-8-14-18-20-21-22-24(18)17-12-6-3-7-13-17/h2-7,10-13H,8-9,14-15H2,1H3. The quantitative estimate of drug-likeness (QED) is 0.623. The van der Waals surface area contributed by atoms with Gasteiger partial charge in [0.1, 0.15) is 0 Å². The Morgan fingerprint density at radius 1 is 1.00 bits per heavy atom. The highest BCUT2D eigenvalue weighted by atomic mass is 16.2. The highest BCUT2D eigenvalue weighted by Crippen LogP contribution is 2.14. The number of aromatic nitrogens is 4. The van der Waals surface area contributed by atoms with E-state index in [1.165, 1.54) is 0 Å². The Morgan fingerprint density at radius 2 is 1.68 bits per heavy atom. The second-order valence-electron chi connectivity index (χ2n) is 5.84. The van der Waals surface area contributed by atoms with Gasteiger partial charge in [0.15, 0.2) is 5.82 Å². The van der Waals surface area contributed by atoms with Crippen molar-refractivity contribution < 1.29 is 4.79 Å². The van der Waals surface area contributed by atoms with Crippen molar-refractivity contribution in [3.05, 3.63) is 66.5 Å². The highest BCUT2D eigenvalue weighted by Gasteiger charge is 2.11. The zero-order valence-electron chi connectivity index (χ0n) is 14.2. The Hall–Kier alpha value is -3.02. The molecule has 0 aliphatic rings. The maximum absolute atomic E-state index is 12.3. The normalized spacial score (nSPS) is 10.6. The molecule has 0 saturated carbocycles. The number of aryl methyl sites for hydroxylation is 1. The number of anilines is 1. The van der Waals surface area contributed by atoms with Crippen molar-refractivity contribution in [2.45, 2.75) is 25.7 Å². The molecule has 0 unspecified atom stereocenters. The first kappa shape index (κ1) is 16.8. The van der Waals surface area contributed by atoms with Crippen LogP contribution in [-0.2, 0) is 11.2 Å². The number of tetrazole rings is 1. The van der Waals surface area contributed by atoms with Gasteiger partial charge in [-0.2, -0.15) is 4.68 Å². The first-order valence-electron chi connectivity index (χ1n) is 8.40. The van der Waals surface area contributed by atoms with Crippen molar-refractivity contribution in [2.75, 3.05) is 11.9 Å². The average Bonchev–Trinajstić information content (AvgIpc) is 3.14. The summed E-state index contributed by atoms with van der Waals surface area (Å²) >= 11 is 0. The molecule has 0 atom stereocenters. The molecule has 1 amide bonds. The third kappa shape index (κ3) is 4.29. The van der Waals surface area contributed by atoms with Gasteiger partial charge in [0.2, 0.25) is 5.91 Å². The van der Waals surface area contributed by atoms with Crippen LogP contribution in [0, 0.1) is 0 Å². The molecular weight excluding hydrogens is 314 g/mol. The Bertz CT molecular complexity index is 801. The van der Waals surface area contributed by atoms with Crippen molar-refractivity contribution in [3.8, 4) is 5.69 Å². The molecule has 128 valence electrons. The van der Waals surface area contributed by atoms with Crippen LogP contribution in [0.5, 0.6) is 0 Å². The molecular formula is C19H21N5O. The summed E-state index contributed by atoms with van der Waals surface area (Å²) in [5, 5.41) is 11.9. The second kappa shape index (κ2) is 8.19. The van der Waals surface area contributed by atoms with E-state index in [9.17, 15) is 4.79 Å². The molecule has 1 aromatic heterocycles. The van der Waals surface area contributed by atoms with E-state index in [0.717, 1.165) is 36.5 Å². The first-order chi connectivity index (χ1) is 12.3. The molecule has 3 rings (SSSR count). The predicted octanol–water partition coefficient (Wildman–Crippen LogP) is 3.04. The van der Waals surface area contributed by atoms with E-state index in [1.807, 2.05) is 67.7 Å². The summed E-state index contributed by atoms with van der Waals surface area (Å²) in [6.45, 7) is 0. The maximum atomic E-state index is 12.3. The van der Waals surface area contributed by atoms with Gasteiger partial charge >= 0.3 is 0 Å². The van der Waals surface area contributed by atoms with Gasteiger partial charge in [-0.3, -0.25) is 4.79 Å². The van der Waals surface area contributed by atoms with Crippen molar-refractivity contribution >= 4 is 11.6 Å². The van der Waals surface area contributed by atoms with Gasteiger partial charge in [0, 0.05) is 25.6 Å². The fourth-order valence-electron chi connectivity index (χ4n) is 2.65. The average molecular weight is 335 g/mol. The topological polar surface area (TPSA) is 63.9 Å². The van der Waals surface area contributed by atoms with Gasteiger partial charge in [-0.05, 0) is 47.5 Å². The predicted molar refractivity (Wildman–Crippen MR) is 96.6 cm³/mol. The molecule has 0 saturated heterocycles. The molecule has 0 aliphatic heterocycles. The van der Waals surface area contributed by atoms with E-state index in [4.69, 9.17) is 0 Å². The highest BCUT2D eigenvalue weighted by molar-refractivity contribution is 5.92. The van der Waals surface area contributed by atoms with Crippen molar-refractivity contribution in [1.29, 1.82) is 0 Å². The lowest BCUT2D eigenvalue weighted by Crippen LogP contribution is -2.25. The van der Waals surface area contributed by atoms with E-state index < -0.39 is 0 Å². The minimum absolute atomic E-state index is 0.119. The number of hydrogen-bond donors (Lipinski definition) is 0. The van der Waals surface area contributed by atoms with Crippen LogP contribution in [-0.4, -0.2) is 33.2 Å². The van der Waals surface area contributed by atoms with Crippen LogP contribution in [0.1, 0.15) is 25.1 Å². The van der Waals surface area contributed by atoms with Crippen LogP contribution in [0.2, 0.25) is 0 Å². The van der Waals surface area contributed by atoms with E-state index >= 15 is 0 Å². The third-order valence-corrected chi connectivity index (χ3v) is 4.09. The van der Waals surface area contributed by atoms with Crippen LogP contribution >= 0.6 is 0 Å². The zero-order chi connectivity index (χ0) is 17.5. The molecule has 0 radical (unpaired) electrons. The lowest BCUT2D eigenvalue weighted by molar-refractivity contribution is -0.118. The van der Waals surface area contributed by atoms with Gasteiger partial charge in [0.25, 0.3) is 0 Å². The third-order valence-electron chi connectivity index (χ3n) is 4.09. The lowest BCUT2D eigenvalue weighted by Gasteiger charge is -2.17. The number of carbonyl (C=O) groups excluding carboxylic acids is 1. The zero-order valence-corrected chi connectivity index (χ0v) is 14.2. The molecule has 6 nitrogen and oxygen atoms in total. The summed E-state index contributed by atoms with van der Waals surface area (Å²) in [5.74, 6) is 0.934. The Labute approximate surface area is 147 Å². The molecule has 0 fully saturated rings. The van der Waals surface area contributed by atoms with Crippen LogP contribution in [0.15, 0.2) is 60.7 Å². The Balaban J connectivity index is 1.50. The van der Waals surface area contributed by atoms with Crippen LogP contribution in [0.4, 0.5) is 5.69 Å². The lowest BCUT2D eigenvalue weighted by atomic mass is 10.1. The number of amides is 1. The van der Waals surface area contributed by atoms with Gasteiger partial charge in [0.05, 0.1) is 5.69 Å². The molecule has 0 N–H and O–H groups in total. The summed E-state index contributed by atoms with van der Waals surface area (Å²) in [6.07, 6.45) is 2.92. The molecule has 3 aromatic rings. The summed E-state index contributed by atoms with van der Waals surface area (Å²) in [6, 6.07) is 19.5. The van der Waals surface area contributed by atoms with Gasteiger partial charge < -0.3 is 4.90 Å². The number of unbranched alkanes of at least 4 members (excludes halogenated alkanes) is 1. The second-order valence-corrected chi connectivity index (χ2v) is 5.84. The number of nitrogens with zero attached hydrogens (tertiary/aromatic N) is 5. The van der Waals surface area contributed by atoms with Crippen molar-refractivity contribution in [2.24, 2.45) is 0 Å². The van der Waals surface area contributed by atoms with E-state index in [2.05, 4.69) is 15.5 Å². The molecule has 1 heterocycles. The largest absolute Gasteiger partial charge is 0.316 e. The van der Waals surface area contributed by atoms with Gasteiger partial charge in [-0.1, -0.05) is 36.4 Å². The van der Waals surface area contributed by atoms with Gasteiger partial charge in [-0.25, -0.2) is 0 Å². The summed E-state index contributed by atoms with van der Waals surface area (Å²) in [4.78, 5) is 14.0. The van der Waals surface area contributed by atoms with Crippen molar-refractivity contribution in [1.82, 2.24) is 20.2 Å². The number of rotatable bonds is 7. The Kier molecular flexibility index (Phi) is 5.51. The molecule has 0 bridgehead atoms. The number of benzene rings is 2. The summed E-state index contributed by atoms with van der Waals surface area (Å²) in [7, 11) is 1.81. The number of hydrogen-bond acceptors (Lipinski definition) is 4. The molecule has 0 spiro atoms. The Morgan fingerprint density at radius 3 is 2.40 bits per heavy atom. The first-order valence-corrected chi connectivity index (χ1v) is 8.40. The minimum atomic E-state index is 0.119. The maximum Gasteiger partial charge on any atom is 0.226 e. The number of para-hydroxylation sites is 2. The molecule has 25 heavy (non-hydrogen) atoms. The van der Waals surface area contributed by atoms with E-state index in [1.54, 1.807) is 9.58 Å². The fraction of sp³-hybridized carbons (Fsp3) is 0.263. The summed E-state index contributed by atoms with van der Waals surface area (Å²) < 4.78 is 1.75. The molecule has 6 heteroatoms. The van der Waals surface area contributed by atoms with Crippen LogP contribution in [0.3, 0.4) is 0 Å². The van der Waals surface area contributed by atoms with Gasteiger partial charge in [-0.15, -0.1) is 5.10 Å². The minimum Gasteiger partial charge on any atom is -0.316 e. The van der Waals surface area contributed by atoms with Crippen molar-refractivity contribution in [3.63, 3.8) is 0 Å². The van der Waals surface area contributed by atoms with Crippen LogP contribution in [0.25, 0.3) is 5.69 Å². The molecule has 0 aliphatic carbocycles. The SMILES string of the molecule is CN(C(=O)CCCCc1nnnn1-c1ccccc1)c1ccccc1. The fourth-order valence-corrected chi connectivity index (χ4v) is 2.65.